The third-order valence-electron chi connectivity index (χ3n) is 5.98. The van der Waals surface area contributed by atoms with Crippen LogP contribution in [0.2, 0.25) is 0 Å². The molecule has 0 radical (unpaired) electrons. The number of methoxy groups -OCH3 is 1. The summed E-state index contributed by atoms with van der Waals surface area (Å²) in [5, 5.41) is 28.5. The smallest absolute Gasteiger partial charge is 0.416 e. The Morgan fingerprint density at radius 1 is 0.951 bits per heavy atom. The molecule has 0 aliphatic heterocycles. The Hall–Kier alpha value is -4.62. The summed E-state index contributed by atoms with van der Waals surface area (Å²) in [5.74, 6) is 0.895. The maximum atomic E-state index is 13.2. The lowest BCUT2D eigenvalue weighted by Crippen LogP contribution is -2.30. The predicted molar refractivity (Wildman–Crippen MR) is 148 cm³/mol. The first-order valence-corrected chi connectivity index (χ1v) is 12.4. The van der Waals surface area contributed by atoms with Crippen molar-refractivity contribution in [1.82, 2.24) is 9.97 Å². The van der Waals surface area contributed by atoms with E-state index in [-0.39, 0.29) is 29.8 Å². The Morgan fingerprint density at radius 3 is 2.32 bits per heavy atom. The number of amides is 2. The van der Waals surface area contributed by atoms with Crippen LogP contribution in [0.4, 0.5) is 35.3 Å². The molecule has 1 aromatic heterocycles. The molecule has 4 rings (SSSR count). The molecule has 1 heterocycles. The van der Waals surface area contributed by atoms with Gasteiger partial charge in [-0.05, 0) is 44.2 Å². The van der Waals surface area contributed by atoms with Crippen LogP contribution in [0.1, 0.15) is 18.2 Å². The van der Waals surface area contributed by atoms with Crippen molar-refractivity contribution in [1.29, 1.82) is 0 Å². The molecule has 216 valence electrons. The average Bonchev–Trinajstić information content (AvgIpc) is 2.92. The molecule has 2 unspecified atom stereocenters. The minimum atomic E-state index is -4.59. The average molecular weight is 572 g/mol. The molecule has 0 aliphatic rings. The number of ether oxygens (including phenoxy) is 2. The molecular weight excluding hydrogens is 543 g/mol. The molecule has 13 heteroatoms. The first-order valence-electron chi connectivity index (χ1n) is 12.4. The molecule has 5 N–H and O–H groups in total. The second-order valence-electron chi connectivity index (χ2n) is 9.11. The molecule has 0 spiro atoms. The van der Waals surface area contributed by atoms with E-state index in [1.165, 1.54) is 14.0 Å². The van der Waals surface area contributed by atoms with E-state index in [9.17, 15) is 28.2 Å². The Labute approximate surface area is 233 Å². The lowest BCUT2D eigenvalue weighted by atomic mass is 10.1. The quantitative estimate of drug-likeness (QED) is 0.176. The number of hydrogen-bond donors (Lipinski definition) is 5. The molecule has 0 bridgehead atoms. The number of carbonyl (C=O) groups is 1. The molecule has 4 aromatic rings. The van der Waals surface area contributed by atoms with E-state index in [4.69, 9.17) is 9.47 Å². The number of carbonyl (C=O) groups excluding carboxylic acids is 1. The fraction of sp³-hybridized carbons (Fsp3) is 0.250. The zero-order valence-corrected chi connectivity index (χ0v) is 22.3. The zero-order valence-electron chi connectivity index (χ0n) is 22.3. The maximum absolute atomic E-state index is 13.2. The molecule has 0 saturated heterocycles. The lowest BCUT2D eigenvalue weighted by molar-refractivity contribution is -0.137. The summed E-state index contributed by atoms with van der Waals surface area (Å²) in [7, 11) is 1.29. The number of nitrogens with zero attached hydrogens (tertiary/aromatic N) is 2. The first kappa shape index (κ1) is 29.4. The van der Waals surface area contributed by atoms with E-state index in [0.717, 1.165) is 18.2 Å². The second kappa shape index (κ2) is 12.3. The normalized spacial score (nSPS) is 12.9. The number of halogens is 3. The van der Waals surface area contributed by atoms with Gasteiger partial charge in [0.15, 0.2) is 0 Å². The van der Waals surface area contributed by atoms with E-state index < -0.39 is 30.0 Å². The van der Waals surface area contributed by atoms with E-state index in [1.54, 1.807) is 49.4 Å². The van der Waals surface area contributed by atoms with Gasteiger partial charge in [0.25, 0.3) is 0 Å². The third-order valence-corrected chi connectivity index (χ3v) is 5.98. The van der Waals surface area contributed by atoms with Crippen LogP contribution in [0, 0.1) is 6.92 Å². The van der Waals surface area contributed by atoms with Gasteiger partial charge in [-0.3, -0.25) is 0 Å². The van der Waals surface area contributed by atoms with Gasteiger partial charge in [-0.25, -0.2) is 9.78 Å². The SMILES string of the molecule is COc1ccc(C(F)(F)F)cc1NC(=O)Nc1ccc(Oc2cc(C)nc(NCC(O)C(C)O)n2)c2ccccc12. The van der Waals surface area contributed by atoms with Gasteiger partial charge in [0, 0.05) is 29.1 Å². The minimum Gasteiger partial charge on any atom is -0.495 e. The van der Waals surface area contributed by atoms with Gasteiger partial charge >= 0.3 is 12.2 Å². The summed E-state index contributed by atoms with van der Waals surface area (Å²) in [5.41, 5.74) is -0.107. The van der Waals surface area contributed by atoms with Crippen LogP contribution in [0.15, 0.2) is 60.7 Å². The summed E-state index contributed by atoms with van der Waals surface area (Å²) in [6.45, 7) is 3.24. The zero-order chi connectivity index (χ0) is 29.7. The molecule has 0 saturated carbocycles. The van der Waals surface area contributed by atoms with Crippen molar-refractivity contribution < 1.29 is 37.7 Å². The van der Waals surface area contributed by atoms with Gasteiger partial charge in [0.1, 0.15) is 11.5 Å². The summed E-state index contributed by atoms with van der Waals surface area (Å²) in [4.78, 5) is 21.4. The van der Waals surface area contributed by atoms with Gasteiger partial charge in [-0.1, -0.05) is 24.3 Å². The number of urea groups is 1. The number of aromatic nitrogens is 2. The number of alkyl halides is 3. The van der Waals surface area contributed by atoms with Crippen molar-refractivity contribution in [3.63, 3.8) is 0 Å². The largest absolute Gasteiger partial charge is 0.495 e. The summed E-state index contributed by atoms with van der Waals surface area (Å²) in [6.07, 6.45) is -6.54. The maximum Gasteiger partial charge on any atom is 0.416 e. The van der Waals surface area contributed by atoms with Crippen LogP contribution in [0.5, 0.6) is 17.4 Å². The van der Waals surface area contributed by atoms with Crippen LogP contribution >= 0.6 is 0 Å². The molecule has 0 aliphatic carbocycles. The number of aryl methyl sites for hydroxylation is 1. The van der Waals surface area contributed by atoms with Crippen LogP contribution in [-0.4, -0.2) is 52.1 Å². The summed E-state index contributed by atoms with van der Waals surface area (Å²) in [6, 6.07) is 13.9. The highest BCUT2D eigenvalue weighted by Gasteiger charge is 2.31. The standard InChI is InChI=1S/C28H28F3N5O5/c1-15-12-25(36-26(33-15)32-14-22(38)16(2)37)41-23-11-9-20(18-6-4-5-7-19(18)23)34-27(39)35-21-13-17(28(29,30)31)8-10-24(21)40-3/h4-13,16,22,37-38H,14H2,1-3H3,(H,32,33,36)(H2,34,35,39). The number of aliphatic hydroxyl groups excluding tert-OH is 2. The summed E-state index contributed by atoms with van der Waals surface area (Å²) < 4.78 is 50.7. The number of fused-ring (bicyclic) bond motifs is 1. The van der Waals surface area contributed by atoms with Gasteiger partial charge in [-0.15, -0.1) is 0 Å². The highest BCUT2D eigenvalue weighted by Crippen LogP contribution is 2.36. The van der Waals surface area contributed by atoms with E-state index in [2.05, 4.69) is 25.9 Å². The molecule has 41 heavy (non-hydrogen) atoms. The van der Waals surface area contributed by atoms with Gasteiger partial charge < -0.3 is 35.6 Å². The fourth-order valence-electron chi connectivity index (χ4n) is 3.88. The lowest BCUT2D eigenvalue weighted by Gasteiger charge is -2.16. The first-order chi connectivity index (χ1) is 19.4. The number of aliphatic hydroxyl groups is 2. The van der Waals surface area contributed by atoms with Crippen LogP contribution in [-0.2, 0) is 6.18 Å². The molecule has 0 fully saturated rings. The number of anilines is 3. The van der Waals surface area contributed by atoms with Crippen molar-refractivity contribution >= 4 is 34.1 Å². The van der Waals surface area contributed by atoms with Gasteiger partial charge in [0.2, 0.25) is 11.8 Å². The highest BCUT2D eigenvalue weighted by molar-refractivity contribution is 6.08. The van der Waals surface area contributed by atoms with E-state index in [1.807, 2.05) is 0 Å². The van der Waals surface area contributed by atoms with Crippen LogP contribution in [0.3, 0.4) is 0 Å². The molecule has 10 nitrogen and oxygen atoms in total. The Kier molecular flexibility index (Phi) is 8.79. The molecule has 2 amide bonds. The van der Waals surface area contributed by atoms with Crippen molar-refractivity contribution in [3.05, 3.63) is 71.9 Å². The third kappa shape index (κ3) is 7.32. The Balaban J connectivity index is 1.56. The number of hydrogen-bond acceptors (Lipinski definition) is 8. The summed E-state index contributed by atoms with van der Waals surface area (Å²) >= 11 is 0. The van der Waals surface area contributed by atoms with E-state index in [0.29, 0.717) is 27.9 Å². The van der Waals surface area contributed by atoms with Crippen LogP contribution in [0.25, 0.3) is 10.8 Å². The highest BCUT2D eigenvalue weighted by atomic mass is 19.4. The molecule has 3 aromatic carbocycles. The topological polar surface area (TPSA) is 138 Å². The molecule has 2 atom stereocenters. The molecular formula is C28H28F3N5O5. The van der Waals surface area contributed by atoms with E-state index >= 15 is 0 Å². The van der Waals surface area contributed by atoms with Crippen molar-refractivity contribution in [2.24, 2.45) is 0 Å². The number of rotatable bonds is 9. The second-order valence-corrected chi connectivity index (χ2v) is 9.11. The number of nitrogens with one attached hydrogen (secondary N) is 3. The Bertz CT molecular complexity index is 1550. The van der Waals surface area contributed by atoms with Gasteiger partial charge in [0.05, 0.1) is 36.3 Å². The Morgan fingerprint density at radius 2 is 1.63 bits per heavy atom. The van der Waals surface area contributed by atoms with Crippen LogP contribution < -0.4 is 25.4 Å². The minimum absolute atomic E-state index is 0.0261. The van der Waals surface area contributed by atoms with Gasteiger partial charge in [-0.2, -0.15) is 18.2 Å². The fourth-order valence-corrected chi connectivity index (χ4v) is 3.88. The van der Waals surface area contributed by atoms with Crippen molar-refractivity contribution in [2.45, 2.75) is 32.2 Å². The van der Waals surface area contributed by atoms with Crippen molar-refractivity contribution in [2.75, 3.05) is 29.6 Å². The number of benzene rings is 3. The monoisotopic (exact) mass is 571 g/mol. The predicted octanol–water partition coefficient (Wildman–Crippen LogP) is 5.56. The van der Waals surface area contributed by atoms with Crippen molar-refractivity contribution in [3.8, 4) is 17.4 Å².